The van der Waals surface area contributed by atoms with Crippen molar-refractivity contribution in [1.82, 2.24) is 0 Å². The second-order valence-electron chi connectivity index (χ2n) is 3.57. The highest BCUT2D eigenvalue weighted by atomic mass is 16.3. The van der Waals surface area contributed by atoms with Gasteiger partial charge in [0.1, 0.15) is 0 Å². The minimum Gasteiger partial charge on any atom is -0.388 e. The van der Waals surface area contributed by atoms with E-state index in [2.05, 4.69) is 0 Å². The molecule has 0 amide bonds. The number of allylic oxidation sites excluding steroid dienone is 1. The van der Waals surface area contributed by atoms with Crippen LogP contribution in [0, 0.1) is 0 Å². The maximum Gasteiger partial charge on any atom is 0.166 e. The summed E-state index contributed by atoms with van der Waals surface area (Å²) in [5, 5.41) is 9.52. The van der Waals surface area contributed by atoms with Crippen molar-refractivity contribution in [2.24, 2.45) is 0 Å². The number of hydrogen-bond acceptors (Lipinski definition) is 2. The molecule has 0 saturated heterocycles. The lowest BCUT2D eigenvalue weighted by Gasteiger charge is -2.03. The van der Waals surface area contributed by atoms with Gasteiger partial charge in [-0.05, 0) is 18.1 Å². The molecule has 0 spiro atoms. The van der Waals surface area contributed by atoms with Crippen LogP contribution >= 0.6 is 0 Å². The van der Waals surface area contributed by atoms with Crippen molar-refractivity contribution in [2.45, 2.75) is 19.4 Å². The predicted octanol–water partition coefficient (Wildman–Crippen LogP) is 1.79. The van der Waals surface area contributed by atoms with E-state index in [9.17, 15) is 9.90 Å². The first kappa shape index (κ1) is 9.16. The molecule has 0 bridgehead atoms. The number of aliphatic hydroxyl groups is 1. The van der Waals surface area contributed by atoms with Crippen molar-refractivity contribution < 1.29 is 9.90 Å². The molecule has 0 aliphatic heterocycles. The van der Waals surface area contributed by atoms with Crippen LogP contribution < -0.4 is 0 Å². The average molecular weight is 188 g/mol. The van der Waals surface area contributed by atoms with E-state index >= 15 is 0 Å². The number of benzene rings is 1. The van der Waals surface area contributed by atoms with Gasteiger partial charge in [0, 0.05) is 12.0 Å². The second kappa shape index (κ2) is 3.39. The van der Waals surface area contributed by atoms with E-state index in [1.54, 1.807) is 0 Å². The molecular weight excluding hydrogens is 176 g/mol. The first-order chi connectivity index (χ1) is 6.70. The summed E-state index contributed by atoms with van der Waals surface area (Å²) < 4.78 is 0. The molecule has 2 nitrogen and oxygen atoms in total. The molecule has 1 unspecified atom stereocenters. The van der Waals surface area contributed by atoms with Crippen molar-refractivity contribution in [3.05, 3.63) is 41.5 Å². The zero-order chi connectivity index (χ0) is 10.1. The fraction of sp³-hybridized carbons (Fsp3) is 0.250. The molecule has 1 aliphatic rings. The van der Waals surface area contributed by atoms with Gasteiger partial charge >= 0.3 is 0 Å². The summed E-state index contributed by atoms with van der Waals surface area (Å²) in [5.41, 5.74) is 2.39. The molecule has 0 aromatic heterocycles. The highest BCUT2D eigenvalue weighted by Crippen LogP contribution is 2.30. The molecule has 0 radical (unpaired) electrons. The van der Waals surface area contributed by atoms with Gasteiger partial charge in [0.25, 0.3) is 0 Å². The zero-order valence-corrected chi connectivity index (χ0v) is 8.03. The molecule has 0 saturated carbocycles. The number of aliphatic hydroxyl groups excluding tert-OH is 1. The number of rotatable bonds is 1. The molecule has 2 heteroatoms. The molecule has 72 valence electrons. The predicted molar refractivity (Wildman–Crippen MR) is 54.7 cm³/mol. The maximum atomic E-state index is 11.6. The van der Waals surface area contributed by atoms with Crippen LogP contribution in [0.2, 0.25) is 0 Å². The summed E-state index contributed by atoms with van der Waals surface area (Å²) >= 11 is 0. The molecule has 14 heavy (non-hydrogen) atoms. The maximum absolute atomic E-state index is 11.6. The van der Waals surface area contributed by atoms with Crippen molar-refractivity contribution in [3.63, 3.8) is 0 Å². The van der Waals surface area contributed by atoms with Crippen molar-refractivity contribution in [3.8, 4) is 0 Å². The van der Waals surface area contributed by atoms with Crippen LogP contribution in [0.4, 0.5) is 0 Å². The smallest absolute Gasteiger partial charge is 0.166 e. The Balaban J connectivity index is 2.49. The fourth-order valence-electron chi connectivity index (χ4n) is 1.81. The molecule has 1 aliphatic carbocycles. The van der Waals surface area contributed by atoms with E-state index < -0.39 is 6.10 Å². The third-order valence-corrected chi connectivity index (χ3v) is 2.61. The Kier molecular flexibility index (Phi) is 2.22. The SMILES string of the molecule is CC1=C(c2ccccc2)C(=O)CC1O. The molecule has 0 heterocycles. The topological polar surface area (TPSA) is 37.3 Å². The number of Topliss-reactive ketones (excluding diaryl/α,β-unsaturated/α-hetero) is 1. The Morgan fingerprint density at radius 3 is 2.43 bits per heavy atom. The molecule has 2 rings (SSSR count). The molecule has 1 aromatic carbocycles. The Morgan fingerprint density at radius 2 is 1.93 bits per heavy atom. The quantitative estimate of drug-likeness (QED) is 0.729. The van der Waals surface area contributed by atoms with Gasteiger partial charge in [0.05, 0.1) is 6.10 Å². The van der Waals surface area contributed by atoms with Crippen molar-refractivity contribution >= 4 is 11.4 Å². The van der Waals surface area contributed by atoms with Gasteiger partial charge in [-0.25, -0.2) is 0 Å². The first-order valence-electron chi connectivity index (χ1n) is 4.67. The van der Waals surface area contributed by atoms with Crippen LogP contribution in [-0.4, -0.2) is 17.0 Å². The summed E-state index contributed by atoms with van der Waals surface area (Å²) in [5.74, 6) is 0.0428. The highest BCUT2D eigenvalue weighted by Gasteiger charge is 2.28. The van der Waals surface area contributed by atoms with Gasteiger partial charge in [-0.1, -0.05) is 30.3 Å². The Hall–Kier alpha value is -1.41. The molecular formula is C12H12O2. The van der Waals surface area contributed by atoms with Crippen LogP contribution in [0.25, 0.3) is 5.57 Å². The van der Waals surface area contributed by atoms with Crippen LogP contribution in [-0.2, 0) is 4.79 Å². The third-order valence-electron chi connectivity index (χ3n) is 2.61. The van der Waals surface area contributed by atoms with Gasteiger partial charge in [-0.2, -0.15) is 0 Å². The van der Waals surface area contributed by atoms with Gasteiger partial charge in [0.2, 0.25) is 0 Å². The van der Waals surface area contributed by atoms with Crippen LogP contribution in [0.3, 0.4) is 0 Å². The van der Waals surface area contributed by atoms with E-state index in [0.717, 1.165) is 11.1 Å². The normalized spacial score (nSPS) is 21.9. The monoisotopic (exact) mass is 188 g/mol. The number of hydrogen-bond donors (Lipinski definition) is 1. The van der Waals surface area contributed by atoms with Crippen LogP contribution in [0.1, 0.15) is 18.9 Å². The first-order valence-corrected chi connectivity index (χ1v) is 4.67. The van der Waals surface area contributed by atoms with E-state index in [1.165, 1.54) is 0 Å². The fourth-order valence-corrected chi connectivity index (χ4v) is 1.81. The standard InChI is InChI=1S/C12H12O2/c1-8-10(13)7-11(14)12(8)9-5-3-2-4-6-9/h2-6,10,13H,7H2,1H3. The lowest BCUT2D eigenvalue weighted by atomic mass is 10.0. The van der Waals surface area contributed by atoms with Crippen LogP contribution in [0.15, 0.2) is 35.9 Å². The average Bonchev–Trinajstić information content (AvgIpc) is 2.43. The lowest BCUT2D eigenvalue weighted by Crippen LogP contribution is -2.03. The summed E-state index contributed by atoms with van der Waals surface area (Å²) in [6, 6.07) is 9.50. The summed E-state index contributed by atoms with van der Waals surface area (Å²) in [7, 11) is 0. The zero-order valence-electron chi connectivity index (χ0n) is 8.03. The second-order valence-corrected chi connectivity index (χ2v) is 3.57. The number of ketones is 1. The van der Waals surface area contributed by atoms with Gasteiger partial charge in [-0.15, -0.1) is 0 Å². The minimum absolute atomic E-state index is 0.0428. The van der Waals surface area contributed by atoms with E-state index in [4.69, 9.17) is 0 Å². The van der Waals surface area contributed by atoms with Crippen molar-refractivity contribution in [2.75, 3.05) is 0 Å². The number of carbonyl (C=O) groups is 1. The Morgan fingerprint density at radius 1 is 1.29 bits per heavy atom. The van der Waals surface area contributed by atoms with Gasteiger partial charge in [-0.3, -0.25) is 4.79 Å². The molecule has 1 aromatic rings. The van der Waals surface area contributed by atoms with Gasteiger partial charge < -0.3 is 5.11 Å². The lowest BCUT2D eigenvalue weighted by molar-refractivity contribution is -0.114. The van der Waals surface area contributed by atoms with E-state index in [1.807, 2.05) is 37.3 Å². The van der Waals surface area contributed by atoms with Gasteiger partial charge in [0.15, 0.2) is 5.78 Å². The minimum atomic E-state index is -0.585. The largest absolute Gasteiger partial charge is 0.388 e. The third kappa shape index (κ3) is 1.38. The van der Waals surface area contributed by atoms with Crippen molar-refractivity contribution in [1.29, 1.82) is 0 Å². The van der Waals surface area contributed by atoms with E-state index in [-0.39, 0.29) is 12.2 Å². The molecule has 1 N–H and O–H groups in total. The molecule has 1 atom stereocenters. The summed E-state index contributed by atoms with van der Waals surface area (Å²) in [4.78, 5) is 11.6. The highest BCUT2D eigenvalue weighted by molar-refractivity contribution is 6.24. The Labute approximate surface area is 82.9 Å². The summed E-state index contributed by atoms with van der Waals surface area (Å²) in [6.45, 7) is 1.82. The van der Waals surface area contributed by atoms with Crippen LogP contribution in [0.5, 0.6) is 0 Å². The Bertz CT molecular complexity index is 390. The van der Waals surface area contributed by atoms with E-state index in [0.29, 0.717) is 5.57 Å². The molecule has 0 fully saturated rings. The number of carbonyl (C=O) groups excluding carboxylic acids is 1. The summed E-state index contributed by atoms with van der Waals surface area (Å²) in [6.07, 6.45) is -0.353.